The van der Waals surface area contributed by atoms with Crippen LogP contribution in [-0.4, -0.2) is 50.3 Å². The summed E-state index contributed by atoms with van der Waals surface area (Å²) in [6.45, 7) is 7.08. The maximum atomic E-state index is 14.4. The lowest BCUT2D eigenvalue weighted by Gasteiger charge is -2.25. The molecule has 6 rings (SSSR count). The first-order valence-electron chi connectivity index (χ1n) is 18.8. The minimum atomic E-state index is -4.06. The van der Waals surface area contributed by atoms with Gasteiger partial charge in [-0.25, -0.2) is 22.2 Å². The average molecular weight is 857 g/mol. The second kappa shape index (κ2) is 19.6. The topological polar surface area (TPSA) is 151 Å². The number of carbonyl (C=O) groups excluding carboxylic acids is 2. The van der Waals surface area contributed by atoms with E-state index < -0.39 is 43.5 Å². The fraction of sp³-hybridized carbons (Fsp3) is 0.205. The molecule has 1 heterocycles. The van der Waals surface area contributed by atoms with Crippen LogP contribution >= 0.6 is 0 Å². The smallest absolute Gasteiger partial charge is 0.283 e. The first-order chi connectivity index (χ1) is 28.5. The molecule has 0 bridgehead atoms. The van der Waals surface area contributed by atoms with Crippen LogP contribution in [0.1, 0.15) is 59.5 Å². The number of carbonyl (C=O) groups is 2. The Morgan fingerprint density at radius 3 is 1.40 bits per heavy atom. The van der Waals surface area contributed by atoms with Gasteiger partial charge in [-0.15, -0.1) is 0 Å². The van der Waals surface area contributed by atoms with Gasteiger partial charge < -0.3 is 15.2 Å². The lowest BCUT2D eigenvalue weighted by molar-refractivity contribution is 0.0930. The first kappa shape index (κ1) is 44.7. The van der Waals surface area contributed by atoms with E-state index in [-0.39, 0.29) is 57.6 Å². The number of aromatic nitrogens is 2. The van der Waals surface area contributed by atoms with Gasteiger partial charge in [-0.05, 0) is 87.4 Å². The number of rotatable bonds is 14. The van der Waals surface area contributed by atoms with E-state index in [2.05, 4.69) is 15.6 Å². The van der Waals surface area contributed by atoms with Crippen molar-refractivity contribution in [1.82, 2.24) is 20.2 Å². The zero-order valence-corrected chi connectivity index (χ0v) is 35.3. The van der Waals surface area contributed by atoms with Crippen molar-refractivity contribution in [3.05, 3.63) is 174 Å². The number of imidazole rings is 1. The molecule has 1 aromatic heterocycles. The SMILES string of the molecule is CC(C)NC(=O)c1cc(N(Cc2ccccc2)S(=O)(=O)c2ccccc2)ccc1F.CC(C)NC(=O)c1cc(N(Cc2ccccc2)S(=O)(=O)c2cn(C)cn2)ccc1F. The number of amides is 2. The van der Waals surface area contributed by atoms with Crippen molar-refractivity contribution in [2.45, 2.75) is 62.8 Å². The minimum Gasteiger partial charge on any atom is -0.350 e. The van der Waals surface area contributed by atoms with Crippen molar-refractivity contribution in [2.75, 3.05) is 8.61 Å². The third-order valence-electron chi connectivity index (χ3n) is 8.71. The Balaban J connectivity index is 0.000000228. The van der Waals surface area contributed by atoms with Gasteiger partial charge in [-0.1, -0.05) is 78.9 Å². The molecule has 0 aliphatic carbocycles. The number of nitrogens with zero attached hydrogens (tertiary/aromatic N) is 4. The zero-order chi connectivity index (χ0) is 43.6. The monoisotopic (exact) mass is 856 g/mol. The van der Waals surface area contributed by atoms with Crippen LogP contribution in [0.5, 0.6) is 0 Å². The number of hydrogen-bond acceptors (Lipinski definition) is 7. The number of benzene rings is 5. The van der Waals surface area contributed by atoms with E-state index in [1.807, 2.05) is 36.4 Å². The second-order valence-electron chi connectivity index (χ2n) is 14.3. The van der Waals surface area contributed by atoms with Crippen molar-refractivity contribution in [2.24, 2.45) is 7.05 Å². The highest BCUT2D eigenvalue weighted by Gasteiger charge is 2.30. The molecule has 0 atom stereocenters. The highest BCUT2D eigenvalue weighted by atomic mass is 32.2. The summed E-state index contributed by atoms with van der Waals surface area (Å²) in [5.41, 5.74) is 1.43. The molecule has 0 spiro atoms. The molecule has 0 aliphatic heterocycles. The van der Waals surface area contributed by atoms with Crippen molar-refractivity contribution >= 4 is 43.2 Å². The number of nitrogens with one attached hydrogen (secondary N) is 2. The lowest BCUT2D eigenvalue weighted by atomic mass is 10.1. The third kappa shape index (κ3) is 11.2. The summed E-state index contributed by atoms with van der Waals surface area (Å²) in [5, 5.41) is 5.13. The number of sulfonamides is 2. The quantitative estimate of drug-likeness (QED) is 0.116. The first-order valence-corrected chi connectivity index (χ1v) is 21.7. The molecule has 60 heavy (non-hydrogen) atoms. The molecule has 12 nitrogen and oxygen atoms in total. The van der Waals surface area contributed by atoms with E-state index in [0.29, 0.717) is 0 Å². The van der Waals surface area contributed by atoms with Crippen LogP contribution in [0, 0.1) is 11.6 Å². The van der Waals surface area contributed by atoms with Gasteiger partial charge >= 0.3 is 0 Å². The summed E-state index contributed by atoms with van der Waals surface area (Å²) in [5.74, 6) is -2.65. The Kier molecular flexibility index (Phi) is 14.6. The van der Waals surface area contributed by atoms with Gasteiger partial charge in [0.1, 0.15) is 11.6 Å². The second-order valence-corrected chi connectivity index (χ2v) is 17.9. The largest absolute Gasteiger partial charge is 0.350 e. The van der Waals surface area contributed by atoms with E-state index in [0.717, 1.165) is 27.6 Å². The molecule has 2 amide bonds. The van der Waals surface area contributed by atoms with Gasteiger partial charge in [0.25, 0.3) is 31.9 Å². The van der Waals surface area contributed by atoms with Crippen LogP contribution in [0.15, 0.2) is 150 Å². The van der Waals surface area contributed by atoms with Gasteiger partial charge in [-0.3, -0.25) is 18.2 Å². The summed E-state index contributed by atoms with van der Waals surface area (Å²) in [4.78, 5) is 28.9. The molecule has 0 radical (unpaired) electrons. The van der Waals surface area contributed by atoms with Crippen LogP contribution in [0.3, 0.4) is 0 Å². The predicted molar refractivity (Wildman–Crippen MR) is 227 cm³/mol. The molecule has 0 unspecified atom stereocenters. The van der Waals surface area contributed by atoms with Crippen molar-refractivity contribution in [3.8, 4) is 0 Å². The van der Waals surface area contributed by atoms with Gasteiger partial charge in [-0.2, -0.15) is 8.42 Å². The zero-order valence-electron chi connectivity index (χ0n) is 33.7. The molecule has 0 fully saturated rings. The minimum absolute atomic E-state index is 0.00335. The Morgan fingerprint density at radius 1 is 0.617 bits per heavy atom. The van der Waals surface area contributed by atoms with Crippen LogP contribution in [0.2, 0.25) is 0 Å². The van der Waals surface area contributed by atoms with Crippen molar-refractivity contribution < 1.29 is 35.2 Å². The summed E-state index contributed by atoms with van der Waals surface area (Å²) in [7, 11) is -6.35. The Labute approximate surface area is 349 Å². The molecule has 16 heteroatoms. The maximum Gasteiger partial charge on any atom is 0.283 e. The summed E-state index contributed by atoms with van der Waals surface area (Å²) >= 11 is 0. The molecule has 5 aromatic carbocycles. The molecule has 0 saturated carbocycles. The van der Waals surface area contributed by atoms with Crippen LogP contribution in [-0.2, 0) is 40.2 Å². The Morgan fingerprint density at radius 2 is 1.02 bits per heavy atom. The molecule has 0 aliphatic rings. The van der Waals surface area contributed by atoms with Crippen molar-refractivity contribution in [3.63, 3.8) is 0 Å². The van der Waals surface area contributed by atoms with Gasteiger partial charge in [0.2, 0.25) is 0 Å². The standard InChI is InChI=1S/C23H23FN2O3S.C21H23FN4O3S/c1-17(2)25-23(27)21-15-19(13-14-22(21)24)26(16-18-9-5-3-6-10-18)30(28,29)20-11-7-4-8-12-20;1-15(2)24-21(27)18-11-17(9-10-19(18)22)26(12-16-7-5-4-6-8-16)30(28,29)20-13-25(3)14-23-20/h3-15,17H,16H2,1-2H3,(H,25,27);4-11,13-15H,12H2,1-3H3,(H,24,27). The van der Waals surface area contributed by atoms with Crippen LogP contribution in [0.25, 0.3) is 0 Å². The molecule has 2 N–H and O–H groups in total. The molecule has 0 saturated heterocycles. The highest BCUT2D eigenvalue weighted by Crippen LogP contribution is 2.29. The molecular weight excluding hydrogens is 811 g/mol. The average Bonchev–Trinajstić information content (AvgIpc) is 3.67. The third-order valence-corrected chi connectivity index (χ3v) is 12.2. The number of anilines is 2. The lowest BCUT2D eigenvalue weighted by Crippen LogP contribution is -2.33. The fourth-order valence-electron chi connectivity index (χ4n) is 5.85. The van der Waals surface area contributed by atoms with Gasteiger partial charge in [0.15, 0.2) is 5.03 Å². The van der Waals surface area contributed by atoms with Crippen molar-refractivity contribution in [1.29, 1.82) is 0 Å². The molecule has 6 aromatic rings. The van der Waals surface area contributed by atoms with E-state index in [1.54, 1.807) is 77.2 Å². The molecular formula is C44H46F2N6O6S2. The fourth-order valence-corrected chi connectivity index (χ4v) is 8.73. The Hall–Kier alpha value is -6.39. The number of halogens is 2. The highest BCUT2D eigenvalue weighted by molar-refractivity contribution is 7.93. The number of aryl methyl sites for hydroxylation is 1. The molecule has 314 valence electrons. The van der Waals surface area contributed by atoms with Crippen LogP contribution in [0.4, 0.5) is 20.2 Å². The van der Waals surface area contributed by atoms with E-state index >= 15 is 0 Å². The maximum absolute atomic E-state index is 14.4. The van der Waals surface area contributed by atoms with Gasteiger partial charge in [0, 0.05) is 25.3 Å². The predicted octanol–water partition coefficient (Wildman–Crippen LogP) is 7.45. The number of hydrogen-bond donors (Lipinski definition) is 2. The van der Waals surface area contributed by atoms with Gasteiger partial charge in [0.05, 0.1) is 46.8 Å². The van der Waals surface area contributed by atoms with Crippen LogP contribution < -0.4 is 19.2 Å². The summed E-state index contributed by atoms with van der Waals surface area (Å²) < 4.78 is 86.0. The van der Waals surface area contributed by atoms with E-state index in [1.165, 1.54) is 57.8 Å². The van der Waals surface area contributed by atoms with E-state index in [9.17, 15) is 35.2 Å². The summed E-state index contributed by atoms with van der Waals surface area (Å²) in [6, 6.07) is 33.2. The Bertz CT molecular complexity index is 2630. The normalized spacial score (nSPS) is 11.4. The van der Waals surface area contributed by atoms with E-state index in [4.69, 9.17) is 0 Å². The summed E-state index contributed by atoms with van der Waals surface area (Å²) in [6.07, 6.45) is 2.78.